The molecule has 142 valence electrons. The number of amides is 1. The summed E-state index contributed by atoms with van der Waals surface area (Å²) in [4.78, 5) is 11.9. The Hall–Kier alpha value is -0.730. The van der Waals surface area contributed by atoms with Gasteiger partial charge in [-0.2, -0.15) is 0 Å². The maximum absolute atomic E-state index is 11.9. The molecule has 0 aromatic carbocycles. The van der Waals surface area contributed by atoms with E-state index in [0.717, 1.165) is 13.0 Å². The van der Waals surface area contributed by atoms with Gasteiger partial charge in [0.25, 0.3) is 0 Å². The summed E-state index contributed by atoms with van der Waals surface area (Å²) in [6.07, 6.45) is 14.8. The van der Waals surface area contributed by atoms with Gasteiger partial charge >= 0.3 is 6.09 Å². The minimum Gasteiger partial charge on any atom is -0.450 e. The third-order valence-electron chi connectivity index (χ3n) is 5.43. The average Bonchev–Trinajstić information content (AvgIpc) is 2.50. The molecule has 0 heterocycles. The highest BCUT2D eigenvalue weighted by molar-refractivity contribution is 5.67. The van der Waals surface area contributed by atoms with Crippen LogP contribution in [-0.4, -0.2) is 19.2 Å². The van der Waals surface area contributed by atoms with Gasteiger partial charge in [0, 0.05) is 6.54 Å². The summed E-state index contributed by atoms with van der Waals surface area (Å²) in [6, 6.07) is 0. The van der Waals surface area contributed by atoms with Gasteiger partial charge in [-0.25, -0.2) is 4.79 Å². The second-order valence-electron chi connectivity index (χ2n) is 8.97. The zero-order valence-corrected chi connectivity index (χ0v) is 16.7. The predicted octanol–water partition coefficient (Wildman–Crippen LogP) is 6.46. The van der Waals surface area contributed by atoms with E-state index in [1.54, 1.807) is 0 Å². The van der Waals surface area contributed by atoms with Crippen LogP contribution in [-0.2, 0) is 4.74 Å². The molecule has 1 aliphatic carbocycles. The van der Waals surface area contributed by atoms with E-state index in [1.165, 1.54) is 70.6 Å². The molecule has 1 saturated carbocycles. The third-order valence-corrected chi connectivity index (χ3v) is 5.43. The van der Waals surface area contributed by atoms with Crippen molar-refractivity contribution in [2.75, 3.05) is 13.2 Å². The van der Waals surface area contributed by atoms with Crippen LogP contribution in [0.4, 0.5) is 4.79 Å². The monoisotopic (exact) mass is 339 g/mol. The van der Waals surface area contributed by atoms with E-state index in [0.29, 0.717) is 12.0 Å². The second kappa shape index (κ2) is 11.0. The van der Waals surface area contributed by atoms with E-state index in [4.69, 9.17) is 4.74 Å². The molecule has 1 N–H and O–H groups in total. The number of hydrogen-bond donors (Lipinski definition) is 1. The van der Waals surface area contributed by atoms with Gasteiger partial charge < -0.3 is 10.1 Å². The number of carbonyl (C=O) groups excluding carboxylic acids is 1. The zero-order chi connectivity index (χ0) is 17.9. The fourth-order valence-corrected chi connectivity index (χ4v) is 4.21. The van der Waals surface area contributed by atoms with Crippen LogP contribution in [0.2, 0.25) is 0 Å². The maximum Gasteiger partial charge on any atom is 0.407 e. The molecule has 1 amide bonds. The maximum atomic E-state index is 11.9. The molecule has 1 fully saturated rings. The van der Waals surface area contributed by atoms with E-state index in [-0.39, 0.29) is 11.5 Å². The van der Waals surface area contributed by atoms with Crippen molar-refractivity contribution in [1.29, 1.82) is 0 Å². The van der Waals surface area contributed by atoms with E-state index in [2.05, 4.69) is 33.0 Å². The molecule has 1 rings (SSSR count). The van der Waals surface area contributed by atoms with Crippen molar-refractivity contribution in [2.45, 2.75) is 105 Å². The van der Waals surface area contributed by atoms with Gasteiger partial charge in [-0.3, -0.25) is 0 Å². The van der Waals surface area contributed by atoms with Crippen molar-refractivity contribution >= 4 is 6.09 Å². The third kappa shape index (κ3) is 9.54. The Kier molecular flexibility index (Phi) is 9.76. The van der Waals surface area contributed by atoms with Crippen LogP contribution in [0, 0.1) is 10.8 Å². The molecule has 1 atom stereocenters. The van der Waals surface area contributed by atoms with Crippen molar-refractivity contribution < 1.29 is 9.53 Å². The first-order chi connectivity index (χ1) is 11.4. The highest BCUT2D eigenvalue weighted by atomic mass is 16.5. The van der Waals surface area contributed by atoms with Crippen molar-refractivity contribution in [3.63, 3.8) is 0 Å². The number of alkyl carbamates (subject to hydrolysis) is 1. The van der Waals surface area contributed by atoms with Gasteiger partial charge in [0.1, 0.15) is 0 Å². The van der Waals surface area contributed by atoms with Crippen LogP contribution in [0.1, 0.15) is 105 Å². The minimum atomic E-state index is -0.234. The molecule has 1 aliphatic rings. The number of nitrogens with one attached hydrogen (secondary N) is 1. The van der Waals surface area contributed by atoms with Gasteiger partial charge in [0.15, 0.2) is 0 Å². The number of unbranched alkanes of at least 4 members (excludes halogenated alkanes) is 7. The quantitative estimate of drug-likeness (QED) is 0.439. The lowest BCUT2D eigenvalue weighted by Crippen LogP contribution is -2.41. The predicted molar refractivity (Wildman–Crippen MR) is 102 cm³/mol. The summed E-state index contributed by atoms with van der Waals surface area (Å²) in [6.45, 7) is 10.5. The Bertz CT molecular complexity index is 354. The molecule has 0 spiro atoms. The van der Waals surface area contributed by atoms with Crippen molar-refractivity contribution in [2.24, 2.45) is 10.8 Å². The molecule has 0 radical (unpaired) electrons. The molecule has 0 aromatic heterocycles. The number of ether oxygens (including phenoxy) is 1. The molecule has 0 aliphatic heterocycles. The first-order valence-corrected chi connectivity index (χ1v) is 10.3. The minimum absolute atomic E-state index is 0.221. The molecule has 3 heteroatoms. The Morgan fingerprint density at radius 2 is 1.58 bits per heavy atom. The molecule has 0 saturated heterocycles. The lowest BCUT2D eigenvalue weighted by atomic mass is 9.64. The Labute approximate surface area is 150 Å². The summed E-state index contributed by atoms with van der Waals surface area (Å²) in [5.41, 5.74) is 0.620. The topological polar surface area (TPSA) is 38.3 Å². The van der Waals surface area contributed by atoms with Crippen molar-refractivity contribution in [3.8, 4) is 0 Å². The smallest absolute Gasteiger partial charge is 0.407 e. The molecular formula is C21H41NO2. The molecule has 3 nitrogen and oxygen atoms in total. The molecule has 0 bridgehead atoms. The first-order valence-electron chi connectivity index (χ1n) is 10.3. The summed E-state index contributed by atoms with van der Waals surface area (Å²) in [5.74, 6) is 0. The largest absolute Gasteiger partial charge is 0.450 e. The first kappa shape index (κ1) is 21.3. The van der Waals surface area contributed by atoms with E-state index in [9.17, 15) is 4.79 Å². The Morgan fingerprint density at radius 1 is 0.958 bits per heavy atom. The van der Waals surface area contributed by atoms with Gasteiger partial charge in [-0.15, -0.1) is 0 Å². The summed E-state index contributed by atoms with van der Waals surface area (Å²) in [7, 11) is 0. The van der Waals surface area contributed by atoms with E-state index in [1.807, 2.05) is 0 Å². The van der Waals surface area contributed by atoms with E-state index >= 15 is 0 Å². The summed E-state index contributed by atoms with van der Waals surface area (Å²) in [5, 5.41) is 2.99. The van der Waals surface area contributed by atoms with Crippen LogP contribution in [0.3, 0.4) is 0 Å². The standard InChI is InChI=1S/C21H41NO2/c1-5-6-7-8-9-10-11-12-16-24-19(23)22-18-21(4)15-13-14-20(2,3)17-21/h5-18H2,1-4H3,(H,22,23). The number of carbonyl (C=O) groups is 1. The summed E-state index contributed by atoms with van der Waals surface area (Å²) < 4.78 is 5.33. The highest BCUT2D eigenvalue weighted by Crippen LogP contribution is 2.45. The fraction of sp³-hybridized carbons (Fsp3) is 0.952. The number of rotatable bonds is 11. The average molecular weight is 340 g/mol. The molecule has 24 heavy (non-hydrogen) atoms. The second-order valence-corrected chi connectivity index (χ2v) is 8.97. The van der Waals surface area contributed by atoms with E-state index < -0.39 is 0 Å². The van der Waals surface area contributed by atoms with Crippen LogP contribution in [0.25, 0.3) is 0 Å². The summed E-state index contributed by atoms with van der Waals surface area (Å²) >= 11 is 0. The van der Waals surface area contributed by atoms with Crippen molar-refractivity contribution in [1.82, 2.24) is 5.32 Å². The van der Waals surface area contributed by atoms with Gasteiger partial charge in [-0.1, -0.05) is 79.1 Å². The highest BCUT2D eigenvalue weighted by Gasteiger charge is 2.36. The van der Waals surface area contributed by atoms with Crippen molar-refractivity contribution in [3.05, 3.63) is 0 Å². The lowest BCUT2D eigenvalue weighted by Gasteiger charge is -2.42. The van der Waals surface area contributed by atoms with Crippen LogP contribution < -0.4 is 5.32 Å². The molecular weight excluding hydrogens is 298 g/mol. The normalized spacial score (nSPS) is 23.0. The van der Waals surface area contributed by atoms with Gasteiger partial charge in [0.05, 0.1) is 6.61 Å². The molecule has 1 unspecified atom stereocenters. The Morgan fingerprint density at radius 3 is 2.21 bits per heavy atom. The SMILES string of the molecule is CCCCCCCCCCOC(=O)NCC1(C)CCCC(C)(C)C1. The number of hydrogen-bond acceptors (Lipinski definition) is 2. The lowest BCUT2D eigenvalue weighted by molar-refractivity contribution is 0.0903. The van der Waals surface area contributed by atoms with Crippen LogP contribution >= 0.6 is 0 Å². The van der Waals surface area contributed by atoms with Crippen LogP contribution in [0.15, 0.2) is 0 Å². The fourth-order valence-electron chi connectivity index (χ4n) is 4.21. The molecule has 0 aromatic rings. The Balaban J connectivity index is 2.02. The van der Waals surface area contributed by atoms with Gasteiger partial charge in [-0.05, 0) is 36.5 Å². The zero-order valence-electron chi connectivity index (χ0n) is 16.7. The van der Waals surface area contributed by atoms with Gasteiger partial charge in [0.2, 0.25) is 0 Å². The van der Waals surface area contributed by atoms with Crippen LogP contribution in [0.5, 0.6) is 0 Å².